The first-order valence-corrected chi connectivity index (χ1v) is 6.33. The number of hydrogen-bond acceptors (Lipinski definition) is 2. The van der Waals surface area contributed by atoms with Crippen molar-refractivity contribution in [2.24, 2.45) is 0 Å². The fraction of sp³-hybridized carbons (Fsp3) is 0.250. The first-order valence-electron chi connectivity index (χ1n) is 6.33. The number of aromatic hydroxyl groups is 2. The average molecular weight is 312 g/mol. The van der Waals surface area contributed by atoms with Gasteiger partial charge in [-0.2, -0.15) is 0 Å². The smallest absolute Gasteiger partial charge is 0.201 e. The molecule has 0 bridgehead atoms. The Labute approximate surface area is 131 Å². The second kappa shape index (κ2) is 6.37. The van der Waals surface area contributed by atoms with Gasteiger partial charge in [0.05, 0.1) is 0 Å². The topological polar surface area (TPSA) is 40.5 Å². The van der Waals surface area contributed by atoms with Gasteiger partial charge in [-0.05, 0) is 73.0 Å². The van der Waals surface area contributed by atoms with E-state index in [0.717, 1.165) is 33.2 Å². The molecule has 2 nitrogen and oxygen atoms in total. The number of phenolic OH excluding ortho intramolecular Hbond substituents is 2. The van der Waals surface area contributed by atoms with Crippen molar-refractivity contribution >= 4 is 18.2 Å². The van der Waals surface area contributed by atoms with Gasteiger partial charge in [0, 0.05) is 16.8 Å². The first-order chi connectivity index (χ1) is 8.88. The summed E-state index contributed by atoms with van der Waals surface area (Å²) >= 11 is 0. The van der Waals surface area contributed by atoms with Crippen molar-refractivity contribution in [2.75, 3.05) is 0 Å². The van der Waals surface area contributed by atoms with Crippen LogP contribution in [-0.2, 0) is 16.8 Å². The minimum Gasteiger partial charge on any atom is -0.509 e. The number of hydrogen-bond donors (Lipinski definition) is 2. The fourth-order valence-electron chi connectivity index (χ4n) is 2.05. The molecule has 20 heavy (non-hydrogen) atoms. The van der Waals surface area contributed by atoms with Gasteiger partial charge in [0.25, 0.3) is 0 Å². The van der Waals surface area contributed by atoms with Gasteiger partial charge < -0.3 is 10.2 Å². The molecule has 0 unspecified atom stereocenters. The number of benzene rings is 2. The molecule has 0 fully saturated rings. The molecule has 0 aliphatic heterocycles. The van der Waals surface area contributed by atoms with Gasteiger partial charge in [-0.25, -0.2) is 0 Å². The molecule has 0 heterocycles. The van der Waals surface area contributed by atoms with Crippen LogP contribution in [0.25, 0.3) is 0 Å². The zero-order chi connectivity index (χ0) is 14.2. The maximum atomic E-state index is 9.98. The van der Waals surface area contributed by atoms with E-state index in [0.29, 0.717) is 0 Å². The maximum absolute atomic E-state index is 9.98. The van der Waals surface area contributed by atoms with Crippen molar-refractivity contribution in [3.05, 3.63) is 46.5 Å². The molecule has 0 amide bonds. The van der Waals surface area contributed by atoms with Crippen LogP contribution < -0.4 is 10.9 Å². The minimum absolute atomic E-state index is 0. The molecule has 0 atom stereocenters. The summed E-state index contributed by atoms with van der Waals surface area (Å²) in [5.74, 6) is 0.474. The molecule has 0 saturated carbocycles. The van der Waals surface area contributed by atoms with Gasteiger partial charge in [-0.1, -0.05) is 12.1 Å². The third-order valence-electron chi connectivity index (χ3n) is 3.60. The Morgan fingerprint density at radius 2 is 0.950 bits per heavy atom. The normalized spacial score (nSPS) is 10.0. The SMILES string of the molecule is Cc1cc(O)c([B]c2cc(C)c(C)cc2O)cc1C.[Co]. The van der Waals surface area contributed by atoms with Crippen molar-refractivity contribution < 1.29 is 27.0 Å². The average Bonchev–Trinajstić information content (AvgIpc) is 2.32. The van der Waals surface area contributed by atoms with E-state index in [4.69, 9.17) is 0 Å². The van der Waals surface area contributed by atoms with Crippen LogP contribution in [0.4, 0.5) is 0 Å². The molecular formula is C16H18BCoO2. The van der Waals surface area contributed by atoms with Gasteiger partial charge in [0.15, 0.2) is 0 Å². The number of aryl methyl sites for hydroxylation is 4. The molecule has 0 aromatic heterocycles. The van der Waals surface area contributed by atoms with Gasteiger partial charge >= 0.3 is 0 Å². The van der Waals surface area contributed by atoms with Crippen LogP contribution >= 0.6 is 0 Å². The van der Waals surface area contributed by atoms with Crippen LogP contribution in [0.3, 0.4) is 0 Å². The molecule has 2 radical (unpaired) electrons. The van der Waals surface area contributed by atoms with Crippen LogP contribution in [-0.4, -0.2) is 17.5 Å². The first kappa shape index (κ1) is 16.7. The van der Waals surface area contributed by atoms with Gasteiger partial charge in [-0.15, -0.1) is 0 Å². The summed E-state index contributed by atoms with van der Waals surface area (Å²) < 4.78 is 0. The summed E-state index contributed by atoms with van der Waals surface area (Å²) in [5, 5.41) is 20.0. The molecule has 0 aliphatic carbocycles. The molecule has 0 aliphatic rings. The van der Waals surface area contributed by atoms with E-state index in [1.807, 2.05) is 47.1 Å². The van der Waals surface area contributed by atoms with Crippen molar-refractivity contribution in [3.8, 4) is 11.5 Å². The molecule has 2 rings (SSSR count). The second-order valence-electron chi connectivity index (χ2n) is 5.13. The second-order valence-corrected chi connectivity index (χ2v) is 5.13. The summed E-state index contributed by atoms with van der Waals surface area (Å²) in [6.45, 7) is 7.94. The third kappa shape index (κ3) is 3.38. The van der Waals surface area contributed by atoms with E-state index in [1.54, 1.807) is 12.1 Å². The molecule has 2 aromatic rings. The Kier molecular flexibility index (Phi) is 5.31. The fourth-order valence-corrected chi connectivity index (χ4v) is 2.05. The Hall–Kier alpha value is -1.39. The standard InChI is InChI=1S/C16H18BO2.Co/c1-9-5-13(15(18)7-11(9)3)17-14-6-10(2)12(4)8-16(14)19;/h5-8,18-19H,1-4H3;. The molecule has 0 spiro atoms. The molecule has 4 heteroatoms. The van der Waals surface area contributed by atoms with Gasteiger partial charge in [0.1, 0.15) is 11.5 Å². The zero-order valence-electron chi connectivity index (χ0n) is 12.1. The molecule has 2 N–H and O–H groups in total. The number of phenols is 2. The minimum atomic E-state index is 0. The summed E-state index contributed by atoms with van der Waals surface area (Å²) in [6.07, 6.45) is 0. The van der Waals surface area contributed by atoms with E-state index in [2.05, 4.69) is 0 Å². The van der Waals surface area contributed by atoms with Gasteiger partial charge in [0.2, 0.25) is 7.28 Å². The van der Waals surface area contributed by atoms with Crippen LogP contribution in [0, 0.1) is 27.7 Å². The van der Waals surface area contributed by atoms with Gasteiger partial charge in [-0.3, -0.25) is 0 Å². The summed E-state index contributed by atoms with van der Waals surface area (Å²) in [5.41, 5.74) is 5.79. The summed E-state index contributed by atoms with van der Waals surface area (Å²) in [4.78, 5) is 0. The summed E-state index contributed by atoms with van der Waals surface area (Å²) in [7, 11) is 1.81. The Morgan fingerprint density at radius 1 is 0.650 bits per heavy atom. The number of rotatable bonds is 2. The predicted molar refractivity (Wildman–Crippen MR) is 80.2 cm³/mol. The quantitative estimate of drug-likeness (QED) is 0.833. The van der Waals surface area contributed by atoms with Crippen LogP contribution in [0.1, 0.15) is 22.3 Å². The maximum Gasteiger partial charge on any atom is 0.201 e. The van der Waals surface area contributed by atoms with E-state index >= 15 is 0 Å². The largest absolute Gasteiger partial charge is 0.509 e. The van der Waals surface area contributed by atoms with Crippen LogP contribution in [0.5, 0.6) is 11.5 Å². The van der Waals surface area contributed by atoms with Crippen molar-refractivity contribution in [1.82, 2.24) is 0 Å². The van der Waals surface area contributed by atoms with Crippen LogP contribution in [0.15, 0.2) is 24.3 Å². The monoisotopic (exact) mass is 312 g/mol. The Balaban J connectivity index is 0.00000200. The summed E-state index contributed by atoms with van der Waals surface area (Å²) in [6, 6.07) is 7.36. The van der Waals surface area contributed by atoms with Crippen molar-refractivity contribution in [2.45, 2.75) is 27.7 Å². The predicted octanol–water partition coefficient (Wildman–Crippen LogP) is 1.98. The zero-order valence-corrected chi connectivity index (χ0v) is 13.2. The van der Waals surface area contributed by atoms with Crippen molar-refractivity contribution in [1.29, 1.82) is 0 Å². The molecule has 2 aromatic carbocycles. The molecule has 106 valence electrons. The Bertz CT molecular complexity index is 583. The van der Waals surface area contributed by atoms with Crippen LogP contribution in [0.2, 0.25) is 0 Å². The molecular weight excluding hydrogens is 294 g/mol. The Morgan fingerprint density at radius 3 is 1.30 bits per heavy atom. The third-order valence-corrected chi connectivity index (χ3v) is 3.60. The van der Waals surface area contributed by atoms with E-state index in [1.165, 1.54) is 0 Å². The van der Waals surface area contributed by atoms with E-state index < -0.39 is 0 Å². The van der Waals surface area contributed by atoms with E-state index in [9.17, 15) is 10.2 Å². The molecule has 0 saturated heterocycles. The van der Waals surface area contributed by atoms with E-state index in [-0.39, 0.29) is 28.3 Å². The van der Waals surface area contributed by atoms with Crippen molar-refractivity contribution in [3.63, 3.8) is 0 Å².